The number of rotatable bonds is 5. The Hall–Kier alpha value is -1.58. The molecule has 1 saturated carbocycles. The molecule has 1 aliphatic carbocycles. The normalized spacial score (nSPS) is 21.4. The van der Waals surface area contributed by atoms with E-state index in [-0.39, 0.29) is 25.6 Å². The third-order valence-electron chi connectivity index (χ3n) is 3.24. The van der Waals surface area contributed by atoms with Gasteiger partial charge in [-0.25, -0.2) is 0 Å². The van der Waals surface area contributed by atoms with Crippen LogP contribution in [0.5, 0.6) is 0 Å². The summed E-state index contributed by atoms with van der Waals surface area (Å²) in [4.78, 5) is 24.2. The van der Waals surface area contributed by atoms with Crippen LogP contribution in [0, 0.1) is 11.3 Å². The third kappa shape index (κ3) is 2.47. The summed E-state index contributed by atoms with van der Waals surface area (Å²) >= 11 is 0. The highest BCUT2D eigenvalue weighted by molar-refractivity contribution is 6.01. The maximum atomic E-state index is 12.1. The molecule has 0 bridgehead atoms. The molecule has 1 aliphatic rings. The summed E-state index contributed by atoms with van der Waals surface area (Å²) in [7, 11) is 0. The van der Waals surface area contributed by atoms with Crippen LogP contribution in [0.2, 0.25) is 0 Å². The lowest BCUT2D eigenvalue weighted by Gasteiger charge is -2.23. The van der Waals surface area contributed by atoms with Crippen LogP contribution in [0.1, 0.15) is 26.7 Å². The summed E-state index contributed by atoms with van der Waals surface area (Å²) < 4.78 is 10.0. The van der Waals surface area contributed by atoms with Crippen LogP contribution < -0.4 is 0 Å². The van der Waals surface area contributed by atoms with Crippen LogP contribution in [0.3, 0.4) is 0 Å². The second-order valence-electron chi connectivity index (χ2n) is 4.40. The first-order valence-corrected chi connectivity index (χ1v) is 6.16. The topological polar surface area (TPSA) is 52.6 Å². The highest BCUT2D eigenvalue weighted by Crippen LogP contribution is 2.47. The van der Waals surface area contributed by atoms with E-state index in [0.717, 1.165) is 5.57 Å². The zero-order chi connectivity index (χ0) is 13.8. The summed E-state index contributed by atoms with van der Waals surface area (Å²) in [5, 5.41) is 0. The summed E-state index contributed by atoms with van der Waals surface area (Å²) in [6.45, 7) is 11.5. The zero-order valence-corrected chi connectivity index (χ0v) is 11.0. The van der Waals surface area contributed by atoms with E-state index in [1.807, 2.05) is 0 Å². The van der Waals surface area contributed by atoms with E-state index in [1.54, 1.807) is 19.9 Å². The molecular weight excluding hydrogens is 232 g/mol. The molecule has 18 heavy (non-hydrogen) atoms. The Morgan fingerprint density at radius 3 is 2.17 bits per heavy atom. The average molecular weight is 252 g/mol. The largest absolute Gasteiger partial charge is 0.465 e. The number of carbonyl (C=O) groups is 2. The number of allylic oxidation sites excluding steroid dienone is 2. The summed E-state index contributed by atoms with van der Waals surface area (Å²) in [5.74, 6) is -1.08. The maximum absolute atomic E-state index is 12.1. The minimum absolute atomic E-state index is 0.0428. The fraction of sp³-hybridized carbons (Fsp3) is 0.571. The number of esters is 2. The lowest BCUT2D eigenvalue weighted by Crippen LogP contribution is -2.40. The Labute approximate surface area is 108 Å². The van der Waals surface area contributed by atoms with Gasteiger partial charge in [-0.05, 0) is 32.6 Å². The molecule has 0 aromatic rings. The fourth-order valence-corrected chi connectivity index (χ4v) is 2.29. The van der Waals surface area contributed by atoms with Crippen LogP contribution in [0.25, 0.3) is 0 Å². The first-order chi connectivity index (χ1) is 8.51. The molecule has 4 nitrogen and oxygen atoms in total. The van der Waals surface area contributed by atoms with Crippen LogP contribution in [0.15, 0.2) is 24.8 Å². The molecule has 0 saturated heterocycles. The van der Waals surface area contributed by atoms with Crippen molar-refractivity contribution in [1.82, 2.24) is 0 Å². The van der Waals surface area contributed by atoms with Gasteiger partial charge in [0, 0.05) is 0 Å². The molecule has 0 N–H and O–H groups in total. The van der Waals surface area contributed by atoms with Crippen molar-refractivity contribution in [2.75, 3.05) is 13.2 Å². The number of carbonyl (C=O) groups excluding carboxylic acids is 2. The van der Waals surface area contributed by atoms with Crippen molar-refractivity contribution in [1.29, 1.82) is 0 Å². The van der Waals surface area contributed by atoms with Gasteiger partial charge >= 0.3 is 11.9 Å². The molecular formula is C14H20O4. The van der Waals surface area contributed by atoms with E-state index in [1.165, 1.54) is 0 Å². The van der Waals surface area contributed by atoms with Crippen molar-refractivity contribution in [3.8, 4) is 0 Å². The first-order valence-electron chi connectivity index (χ1n) is 6.16. The number of hydrogen-bond donors (Lipinski definition) is 0. The zero-order valence-electron chi connectivity index (χ0n) is 11.0. The molecule has 1 fully saturated rings. The van der Waals surface area contributed by atoms with Gasteiger partial charge in [0.25, 0.3) is 0 Å². The second-order valence-corrected chi connectivity index (χ2v) is 4.40. The van der Waals surface area contributed by atoms with Gasteiger partial charge in [0.05, 0.1) is 13.2 Å². The molecule has 0 aromatic carbocycles. The van der Waals surface area contributed by atoms with Crippen molar-refractivity contribution in [2.45, 2.75) is 26.7 Å². The van der Waals surface area contributed by atoms with Crippen LogP contribution >= 0.6 is 0 Å². The van der Waals surface area contributed by atoms with Crippen molar-refractivity contribution in [3.05, 3.63) is 24.8 Å². The standard InChI is InChI=1S/C14H20O4/c1-5-11-9-14(8-10(11)4,12(15)17-6-2)13(16)18-7-3/h5,11H,1,4,6-9H2,2-3H3/t11-/m0/s1. The minimum Gasteiger partial charge on any atom is -0.465 e. The van der Waals surface area contributed by atoms with E-state index < -0.39 is 17.4 Å². The van der Waals surface area contributed by atoms with Gasteiger partial charge in [-0.2, -0.15) is 0 Å². The molecule has 0 amide bonds. The van der Waals surface area contributed by atoms with Gasteiger partial charge in [0.2, 0.25) is 0 Å². The quantitative estimate of drug-likeness (QED) is 0.428. The van der Waals surface area contributed by atoms with Crippen molar-refractivity contribution < 1.29 is 19.1 Å². The Balaban J connectivity index is 3.04. The molecule has 0 spiro atoms. The Morgan fingerprint density at radius 1 is 1.33 bits per heavy atom. The van der Waals surface area contributed by atoms with Gasteiger partial charge < -0.3 is 9.47 Å². The van der Waals surface area contributed by atoms with Crippen molar-refractivity contribution >= 4 is 11.9 Å². The van der Waals surface area contributed by atoms with E-state index in [9.17, 15) is 9.59 Å². The molecule has 0 aromatic heterocycles. The highest BCUT2D eigenvalue weighted by atomic mass is 16.6. The van der Waals surface area contributed by atoms with Gasteiger partial charge in [-0.15, -0.1) is 6.58 Å². The number of ether oxygens (including phenoxy) is 2. The lowest BCUT2D eigenvalue weighted by molar-refractivity contribution is -0.171. The second kappa shape index (κ2) is 5.85. The van der Waals surface area contributed by atoms with Gasteiger partial charge in [-0.1, -0.05) is 18.2 Å². The van der Waals surface area contributed by atoms with Crippen LogP contribution in [-0.4, -0.2) is 25.2 Å². The van der Waals surface area contributed by atoms with E-state index in [2.05, 4.69) is 13.2 Å². The summed E-state index contributed by atoms with van der Waals surface area (Å²) in [5.41, 5.74) is -0.409. The summed E-state index contributed by atoms with van der Waals surface area (Å²) in [6, 6.07) is 0. The predicted octanol–water partition coefficient (Wildman–Crippen LogP) is 2.25. The SMILES string of the molecule is C=C[C@H]1CC(C(=O)OCC)(C(=O)OCC)CC1=C. The Bertz CT molecular complexity index is 352. The first kappa shape index (κ1) is 14.5. The average Bonchev–Trinajstić information content (AvgIpc) is 2.68. The van der Waals surface area contributed by atoms with E-state index in [4.69, 9.17) is 9.47 Å². The molecule has 4 heteroatoms. The Morgan fingerprint density at radius 2 is 1.83 bits per heavy atom. The third-order valence-corrected chi connectivity index (χ3v) is 3.24. The summed E-state index contributed by atoms with van der Waals surface area (Å²) in [6.07, 6.45) is 2.33. The number of hydrogen-bond acceptors (Lipinski definition) is 4. The molecule has 1 rings (SSSR count). The lowest BCUT2D eigenvalue weighted by atomic mass is 9.85. The van der Waals surface area contributed by atoms with Gasteiger partial charge in [0.15, 0.2) is 5.41 Å². The van der Waals surface area contributed by atoms with Gasteiger partial charge in [-0.3, -0.25) is 9.59 Å². The predicted molar refractivity (Wildman–Crippen MR) is 67.8 cm³/mol. The monoisotopic (exact) mass is 252 g/mol. The van der Waals surface area contributed by atoms with E-state index in [0.29, 0.717) is 6.42 Å². The smallest absolute Gasteiger partial charge is 0.323 e. The minimum atomic E-state index is -1.23. The molecule has 0 unspecified atom stereocenters. The van der Waals surface area contributed by atoms with Crippen LogP contribution in [-0.2, 0) is 19.1 Å². The van der Waals surface area contributed by atoms with Crippen LogP contribution in [0.4, 0.5) is 0 Å². The molecule has 1 atom stereocenters. The molecule has 0 heterocycles. The van der Waals surface area contributed by atoms with Gasteiger partial charge in [0.1, 0.15) is 0 Å². The maximum Gasteiger partial charge on any atom is 0.323 e. The molecule has 100 valence electrons. The van der Waals surface area contributed by atoms with Crippen molar-refractivity contribution in [3.63, 3.8) is 0 Å². The van der Waals surface area contributed by atoms with Crippen molar-refractivity contribution in [2.24, 2.45) is 11.3 Å². The molecule has 0 aliphatic heterocycles. The highest BCUT2D eigenvalue weighted by Gasteiger charge is 2.54. The van der Waals surface area contributed by atoms with E-state index >= 15 is 0 Å². The Kier molecular flexibility index (Phi) is 4.70. The molecule has 0 radical (unpaired) electrons. The fourth-order valence-electron chi connectivity index (χ4n) is 2.29.